The van der Waals surface area contributed by atoms with Crippen LogP contribution in [0.1, 0.15) is 11.6 Å². The lowest BCUT2D eigenvalue weighted by molar-refractivity contribution is -0.0953. The van der Waals surface area contributed by atoms with Crippen LogP contribution < -0.4 is 5.73 Å². The van der Waals surface area contributed by atoms with Gasteiger partial charge in [-0.25, -0.2) is 0 Å². The average Bonchev–Trinajstić information content (AvgIpc) is 2.47. The fourth-order valence-corrected chi connectivity index (χ4v) is 0.978. The third-order valence-corrected chi connectivity index (χ3v) is 1.82. The molecule has 1 heterocycles. The Morgan fingerprint density at radius 1 is 1.64 bits per heavy atom. The molecule has 0 spiro atoms. The van der Waals surface area contributed by atoms with E-state index in [2.05, 4.69) is 11.7 Å². The van der Waals surface area contributed by atoms with Crippen molar-refractivity contribution in [2.24, 2.45) is 12.8 Å². The summed E-state index contributed by atoms with van der Waals surface area (Å²) in [7, 11) is 1.60. The third-order valence-electron chi connectivity index (χ3n) is 1.82. The smallest absolute Gasteiger partial charge is 0.320 e. The second-order valence-corrected chi connectivity index (χ2v) is 2.95. The Hall–Kier alpha value is -1.30. The molecule has 14 heavy (non-hydrogen) atoms. The summed E-state index contributed by atoms with van der Waals surface area (Å²) in [4.78, 5) is 0. The highest BCUT2D eigenvalue weighted by molar-refractivity contribution is 5.24. The van der Waals surface area contributed by atoms with Crippen LogP contribution in [0, 0.1) is 0 Å². The highest BCUT2D eigenvalue weighted by atomic mass is 19.4. The molecule has 0 saturated heterocycles. The van der Waals surface area contributed by atoms with E-state index >= 15 is 0 Å². The summed E-state index contributed by atoms with van der Waals surface area (Å²) in [5, 5.41) is 3.73. The molecule has 1 aromatic rings. The van der Waals surface area contributed by atoms with E-state index in [1.54, 1.807) is 7.05 Å². The SMILES string of the molecule is C=C(C(N)c1cnn(C)c1)C(F)(F)F. The van der Waals surface area contributed by atoms with Gasteiger partial charge in [0, 0.05) is 24.4 Å². The van der Waals surface area contributed by atoms with Crippen LogP contribution in [0.15, 0.2) is 24.5 Å². The van der Waals surface area contributed by atoms with Crippen LogP contribution in [-0.2, 0) is 7.05 Å². The van der Waals surface area contributed by atoms with E-state index in [-0.39, 0.29) is 0 Å². The Kier molecular flexibility index (Phi) is 2.66. The van der Waals surface area contributed by atoms with Gasteiger partial charge in [0.15, 0.2) is 0 Å². The Morgan fingerprint density at radius 3 is 2.57 bits per heavy atom. The van der Waals surface area contributed by atoms with Crippen LogP contribution in [0.3, 0.4) is 0 Å². The molecule has 3 nitrogen and oxygen atoms in total. The maximum atomic E-state index is 12.2. The van der Waals surface area contributed by atoms with E-state index in [0.29, 0.717) is 5.56 Å². The molecule has 1 unspecified atom stereocenters. The second-order valence-electron chi connectivity index (χ2n) is 2.95. The highest BCUT2D eigenvalue weighted by Crippen LogP contribution is 2.32. The first-order valence-corrected chi connectivity index (χ1v) is 3.82. The Labute approximate surface area is 79.0 Å². The van der Waals surface area contributed by atoms with Crippen LogP contribution in [0.25, 0.3) is 0 Å². The van der Waals surface area contributed by atoms with Crippen molar-refractivity contribution in [3.8, 4) is 0 Å². The molecule has 0 radical (unpaired) electrons. The van der Waals surface area contributed by atoms with Crippen molar-refractivity contribution in [3.05, 3.63) is 30.1 Å². The van der Waals surface area contributed by atoms with Crippen molar-refractivity contribution in [1.82, 2.24) is 9.78 Å². The summed E-state index contributed by atoms with van der Waals surface area (Å²) >= 11 is 0. The molecule has 0 saturated carbocycles. The molecule has 0 bridgehead atoms. The van der Waals surface area contributed by atoms with Crippen molar-refractivity contribution in [1.29, 1.82) is 0 Å². The summed E-state index contributed by atoms with van der Waals surface area (Å²) in [6.45, 7) is 2.92. The van der Waals surface area contributed by atoms with Gasteiger partial charge in [-0.2, -0.15) is 18.3 Å². The molecular formula is C8H10F3N3. The molecule has 1 atom stereocenters. The molecule has 0 aliphatic rings. The van der Waals surface area contributed by atoms with E-state index < -0.39 is 17.8 Å². The minimum Gasteiger partial charge on any atom is -0.320 e. The maximum Gasteiger partial charge on any atom is 0.413 e. The second kappa shape index (κ2) is 3.45. The number of halogens is 3. The fraction of sp³-hybridized carbons (Fsp3) is 0.375. The van der Waals surface area contributed by atoms with Crippen LogP contribution in [0.4, 0.5) is 13.2 Å². The van der Waals surface area contributed by atoms with Crippen molar-refractivity contribution in [2.75, 3.05) is 0 Å². The van der Waals surface area contributed by atoms with Crippen molar-refractivity contribution >= 4 is 0 Å². The van der Waals surface area contributed by atoms with Gasteiger partial charge in [0.25, 0.3) is 0 Å². The molecule has 2 N–H and O–H groups in total. The van der Waals surface area contributed by atoms with Gasteiger partial charge in [-0.1, -0.05) is 6.58 Å². The number of hydrogen-bond donors (Lipinski definition) is 1. The zero-order chi connectivity index (χ0) is 10.9. The average molecular weight is 205 g/mol. The first-order chi connectivity index (χ1) is 6.32. The number of hydrogen-bond acceptors (Lipinski definition) is 2. The van der Waals surface area contributed by atoms with E-state index in [1.165, 1.54) is 17.1 Å². The van der Waals surface area contributed by atoms with Gasteiger partial charge < -0.3 is 5.73 Å². The van der Waals surface area contributed by atoms with Gasteiger partial charge in [-0.15, -0.1) is 0 Å². The molecule has 0 fully saturated rings. The third kappa shape index (κ3) is 2.14. The van der Waals surface area contributed by atoms with E-state index in [1.807, 2.05) is 0 Å². The van der Waals surface area contributed by atoms with Gasteiger partial charge in [0.05, 0.1) is 12.2 Å². The molecular weight excluding hydrogens is 195 g/mol. The van der Waals surface area contributed by atoms with Gasteiger partial charge >= 0.3 is 6.18 Å². The maximum absolute atomic E-state index is 12.2. The Morgan fingerprint density at radius 2 is 2.21 bits per heavy atom. The van der Waals surface area contributed by atoms with Crippen molar-refractivity contribution in [2.45, 2.75) is 12.2 Å². The van der Waals surface area contributed by atoms with Gasteiger partial charge in [-0.05, 0) is 0 Å². The van der Waals surface area contributed by atoms with Crippen LogP contribution in [0.2, 0.25) is 0 Å². The van der Waals surface area contributed by atoms with Crippen LogP contribution in [-0.4, -0.2) is 16.0 Å². The predicted octanol–water partition coefficient (Wildman–Crippen LogP) is 1.54. The van der Waals surface area contributed by atoms with Gasteiger partial charge in [0.1, 0.15) is 0 Å². The Bertz CT molecular complexity index is 340. The highest BCUT2D eigenvalue weighted by Gasteiger charge is 2.36. The lowest BCUT2D eigenvalue weighted by Gasteiger charge is -2.15. The van der Waals surface area contributed by atoms with E-state index in [4.69, 9.17) is 5.73 Å². The molecule has 0 aliphatic carbocycles. The van der Waals surface area contributed by atoms with Crippen molar-refractivity contribution < 1.29 is 13.2 Å². The minimum atomic E-state index is -4.46. The van der Waals surface area contributed by atoms with Crippen LogP contribution in [0.5, 0.6) is 0 Å². The lowest BCUT2D eigenvalue weighted by Crippen LogP contribution is -2.23. The number of alkyl halides is 3. The predicted molar refractivity (Wildman–Crippen MR) is 45.3 cm³/mol. The summed E-state index contributed by atoms with van der Waals surface area (Å²) in [6, 6.07) is -1.25. The fourth-order valence-electron chi connectivity index (χ4n) is 0.978. The van der Waals surface area contributed by atoms with Gasteiger partial charge in [0.2, 0.25) is 0 Å². The molecule has 1 rings (SSSR count). The first-order valence-electron chi connectivity index (χ1n) is 3.82. The molecule has 1 aromatic heterocycles. The largest absolute Gasteiger partial charge is 0.413 e. The zero-order valence-electron chi connectivity index (χ0n) is 7.54. The molecule has 6 heteroatoms. The molecule has 0 aromatic carbocycles. The molecule has 0 aliphatic heterocycles. The first kappa shape index (κ1) is 10.8. The quantitative estimate of drug-likeness (QED) is 0.744. The summed E-state index contributed by atoms with van der Waals surface area (Å²) in [5.74, 6) is 0. The number of nitrogens with zero attached hydrogens (tertiary/aromatic N) is 2. The number of aromatic nitrogens is 2. The topological polar surface area (TPSA) is 43.8 Å². The van der Waals surface area contributed by atoms with Gasteiger partial charge in [-0.3, -0.25) is 4.68 Å². The monoisotopic (exact) mass is 205 g/mol. The Balaban J connectivity index is 2.86. The minimum absolute atomic E-state index is 0.301. The summed E-state index contributed by atoms with van der Waals surface area (Å²) in [5.41, 5.74) is 4.70. The number of aryl methyl sites for hydroxylation is 1. The zero-order valence-corrected chi connectivity index (χ0v) is 7.54. The molecule has 0 amide bonds. The lowest BCUT2D eigenvalue weighted by atomic mass is 10.0. The standard InChI is InChI=1S/C8H10F3N3/c1-5(8(9,10)11)7(12)6-3-13-14(2)4-6/h3-4,7H,1,12H2,2H3. The number of nitrogens with two attached hydrogens (primary N) is 1. The van der Waals surface area contributed by atoms with E-state index in [9.17, 15) is 13.2 Å². The van der Waals surface area contributed by atoms with E-state index in [0.717, 1.165) is 0 Å². The van der Waals surface area contributed by atoms with Crippen molar-refractivity contribution in [3.63, 3.8) is 0 Å². The van der Waals surface area contributed by atoms with Crippen LogP contribution >= 0.6 is 0 Å². The normalized spacial score (nSPS) is 14.1. The number of rotatable bonds is 2. The summed E-state index contributed by atoms with van der Waals surface area (Å²) < 4.78 is 37.9. The summed E-state index contributed by atoms with van der Waals surface area (Å²) in [6.07, 6.45) is -1.74. The molecule has 78 valence electrons.